The lowest BCUT2D eigenvalue weighted by atomic mass is 10.1. The van der Waals surface area contributed by atoms with Crippen LogP contribution in [0.15, 0.2) is 22.6 Å². The van der Waals surface area contributed by atoms with Crippen LogP contribution in [0.1, 0.15) is 51.0 Å². The van der Waals surface area contributed by atoms with Crippen LogP contribution in [0.4, 0.5) is 0 Å². The van der Waals surface area contributed by atoms with Gasteiger partial charge in [-0.3, -0.25) is 0 Å². The molecule has 3 heteroatoms. The van der Waals surface area contributed by atoms with Gasteiger partial charge in [0, 0.05) is 5.39 Å². The van der Waals surface area contributed by atoms with E-state index < -0.39 is 0 Å². The van der Waals surface area contributed by atoms with Crippen molar-refractivity contribution in [3.63, 3.8) is 0 Å². The summed E-state index contributed by atoms with van der Waals surface area (Å²) < 4.78 is 11.5. The highest BCUT2D eigenvalue weighted by Crippen LogP contribution is 2.33. The van der Waals surface area contributed by atoms with Crippen LogP contribution in [-0.4, -0.2) is 13.7 Å². The summed E-state index contributed by atoms with van der Waals surface area (Å²) in [5.41, 5.74) is 2.14. The SMILES string of the molecule is CCCC(NCC)c1cc2cc(CC)cc(OC)c2o1. The van der Waals surface area contributed by atoms with Crippen molar-refractivity contribution < 1.29 is 9.15 Å². The standard InChI is InChI=1S/C17H25NO2/c1-5-8-14(18-7-3)15-11-13-9-12(6-2)10-16(19-4)17(13)20-15/h9-11,14,18H,5-8H2,1-4H3. The maximum absolute atomic E-state index is 6.07. The molecule has 1 N–H and O–H groups in total. The van der Waals surface area contributed by atoms with E-state index in [0.717, 1.165) is 48.3 Å². The van der Waals surface area contributed by atoms with Gasteiger partial charge in [-0.1, -0.05) is 27.2 Å². The van der Waals surface area contributed by atoms with Crippen LogP contribution in [0, 0.1) is 0 Å². The van der Waals surface area contributed by atoms with E-state index in [2.05, 4.69) is 44.3 Å². The Morgan fingerprint density at radius 3 is 2.60 bits per heavy atom. The molecule has 1 aromatic carbocycles. The topological polar surface area (TPSA) is 34.4 Å². The largest absolute Gasteiger partial charge is 0.493 e. The number of nitrogens with one attached hydrogen (secondary N) is 1. The highest BCUT2D eigenvalue weighted by Gasteiger charge is 2.17. The monoisotopic (exact) mass is 275 g/mol. The number of hydrogen-bond acceptors (Lipinski definition) is 3. The van der Waals surface area contributed by atoms with Crippen LogP contribution in [0.2, 0.25) is 0 Å². The average Bonchev–Trinajstić information content (AvgIpc) is 2.89. The minimum absolute atomic E-state index is 0.284. The van der Waals surface area contributed by atoms with E-state index >= 15 is 0 Å². The second-order valence-corrected chi connectivity index (χ2v) is 5.12. The number of hydrogen-bond donors (Lipinski definition) is 1. The summed E-state index contributed by atoms with van der Waals surface area (Å²) in [4.78, 5) is 0. The van der Waals surface area contributed by atoms with Gasteiger partial charge >= 0.3 is 0 Å². The Hall–Kier alpha value is -1.48. The maximum Gasteiger partial charge on any atom is 0.176 e. The molecule has 1 unspecified atom stereocenters. The van der Waals surface area contributed by atoms with Crippen molar-refractivity contribution in [2.75, 3.05) is 13.7 Å². The van der Waals surface area contributed by atoms with Crippen molar-refractivity contribution in [1.82, 2.24) is 5.32 Å². The Labute approximate surface area is 121 Å². The Morgan fingerprint density at radius 2 is 2.00 bits per heavy atom. The fraction of sp³-hybridized carbons (Fsp3) is 0.529. The molecular formula is C17H25NO2. The van der Waals surface area contributed by atoms with Gasteiger partial charge < -0.3 is 14.5 Å². The first-order valence-corrected chi connectivity index (χ1v) is 7.57. The lowest BCUT2D eigenvalue weighted by Gasteiger charge is -2.13. The Balaban J connectivity index is 2.45. The second-order valence-electron chi connectivity index (χ2n) is 5.12. The number of fused-ring (bicyclic) bond motifs is 1. The van der Waals surface area contributed by atoms with E-state index in [0.29, 0.717) is 0 Å². The summed E-state index contributed by atoms with van der Waals surface area (Å²) in [5, 5.41) is 4.63. The lowest BCUT2D eigenvalue weighted by molar-refractivity contribution is 0.389. The van der Waals surface area contributed by atoms with Gasteiger partial charge in [-0.25, -0.2) is 0 Å². The fourth-order valence-corrected chi connectivity index (χ4v) is 2.61. The first kappa shape index (κ1) is 14.9. The van der Waals surface area contributed by atoms with Gasteiger partial charge in [0.25, 0.3) is 0 Å². The van der Waals surface area contributed by atoms with Crippen molar-refractivity contribution in [2.45, 2.75) is 46.1 Å². The van der Waals surface area contributed by atoms with Crippen molar-refractivity contribution in [3.05, 3.63) is 29.5 Å². The molecular weight excluding hydrogens is 250 g/mol. The van der Waals surface area contributed by atoms with Crippen LogP contribution in [-0.2, 0) is 6.42 Å². The molecule has 1 heterocycles. The average molecular weight is 275 g/mol. The zero-order valence-corrected chi connectivity index (χ0v) is 13.0. The summed E-state index contributed by atoms with van der Waals surface area (Å²) in [7, 11) is 1.70. The van der Waals surface area contributed by atoms with Gasteiger partial charge in [0.05, 0.1) is 13.2 Å². The molecule has 2 rings (SSSR count). The predicted octanol–water partition coefficient (Wildman–Crippen LogP) is 4.45. The van der Waals surface area contributed by atoms with Gasteiger partial charge in [-0.2, -0.15) is 0 Å². The minimum Gasteiger partial charge on any atom is -0.493 e. The summed E-state index contributed by atoms with van der Waals surface area (Å²) >= 11 is 0. The molecule has 1 atom stereocenters. The van der Waals surface area contributed by atoms with Crippen LogP contribution >= 0.6 is 0 Å². The van der Waals surface area contributed by atoms with Crippen LogP contribution in [0.5, 0.6) is 5.75 Å². The third-order valence-corrected chi connectivity index (χ3v) is 3.66. The molecule has 0 saturated heterocycles. The first-order chi connectivity index (χ1) is 9.73. The number of aryl methyl sites for hydroxylation is 1. The molecule has 0 fully saturated rings. The van der Waals surface area contributed by atoms with Gasteiger partial charge in [-0.05, 0) is 43.1 Å². The zero-order valence-electron chi connectivity index (χ0n) is 13.0. The van der Waals surface area contributed by atoms with Gasteiger partial charge in [-0.15, -0.1) is 0 Å². The molecule has 0 aliphatic carbocycles. The molecule has 3 nitrogen and oxygen atoms in total. The van der Waals surface area contributed by atoms with E-state index in [-0.39, 0.29) is 6.04 Å². The smallest absolute Gasteiger partial charge is 0.176 e. The third-order valence-electron chi connectivity index (χ3n) is 3.66. The van der Waals surface area contributed by atoms with Crippen molar-refractivity contribution in [2.24, 2.45) is 0 Å². The normalized spacial score (nSPS) is 12.8. The number of ether oxygens (including phenoxy) is 1. The Bertz CT molecular complexity index is 553. The molecule has 20 heavy (non-hydrogen) atoms. The number of rotatable bonds is 7. The fourth-order valence-electron chi connectivity index (χ4n) is 2.61. The number of benzene rings is 1. The quantitative estimate of drug-likeness (QED) is 0.810. The molecule has 0 aliphatic heterocycles. The first-order valence-electron chi connectivity index (χ1n) is 7.57. The van der Waals surface area contributed by atoms with Gasteiger partial charge in [0.1, 0.15) is 5.76 Å². The summed E-state index contributed by atoms with van der Waals surface area (Å²) in [6.07, 6.45) is 3.21. The second kappa shape index (κ2) is 6.80. The third kappa shape index (κ3) is 2.98. The highest BCUT2D eigenvalue weighted by molar-refractivity contribution is 5.84. The summed E-state index contributed by atoms with van der Waals surface area (Å²) in [6.45, 7) is 7.42. The highest BCUT2D eigenvalue weighted by atomic mass is 16.5. The predicted molar refractivity (Wildman–Crippen MR) is 83.5 cm³/mol. The molecule has 0 radical (unpaired) electrons. The van der Waals surface area contributed by atoms with E-state index in [1.54, 1.807) is 7.11 Å². The van der Waals surface area contributed by atoms with Crippen LogP contribution in [0.25, 0.3) is 11.0 Å². The van der Waals surface area contributed by atoms with Crippen LogP contribution < -0.4 is 10.1 Å². The molecule has 0 amide bonds. The zero-order chi connectivity index (χ0) is 14.5. The van der Waals surface area contributed by atoms with E-state index in [9.17, 15) is 0 Å². The Morgan fingerprint density at radius 1 is 1.20 bits per heavy atom. The van der Waals surface area contributed by atoms with Gasteiger partial charge in [0.2, 0.25) is 0 Å². The van der Waals surface area contributed by atoms with Crippen molar-refractivity contribution in [1.29, 1.82) is 0 Å². The summed E-state index contributed by atoms with van der Waals surface area (Å²) in [5.74, 6) is 1.84. The molecule has 0 spiro atoms. The summed E-state index contributed by atoms with van der Waals surface area (Å²) in [6, 6.07) is 6.70. The molecule has 0 saturated carbocycles. The van der Waals surface area contributed by atoms with E-state index in [4.69, 9.17) is 9.15 Å². The molecule has 0 aliphatic rings. The maximum atomic E-state index is 6.07. The van der Waals surface area contributed by atoms with Crippen molar-refractivity contribution >= 4 is 11.0 Å². The molecule has 1 aromatic heterocycles. The minimum atomic E-state index is 0.284. The van der Waals surface area contributed by atoms with Crippen molar-refractivity contribution in [3.8, 4) is 5.75 Å². The Kier molecular flexibility index (Phi) is 5.07. The lowest BCUT2D eigenvalue weighted by Crippen LogP contribution is -2.20. The molecule has 2 aromatic rings. The van der Waals surface area contributed by atoms with Gasteiger partial charge in [0.15, 0.2) is 11.3 Å². The van der Waals surface area contributed by atoms with E-state index in [1.165, 1.54) is 5.56 Å². The van der Waals surface area contributed by atoms with Crippen LogP contribution in [0.3, 0.4) is 0 Å². The number of furan rings is 1. The number of methoxy groups -OCH3 is 1. The van der Waals surface area contributed by atoms with E-state index in [1.807, 2.05) is 0 Å². The molecule has 110 valence electrons. The molecule has 0 bridgehead atoms.